The average Bonchev–Trinajstić information content (AvgIpc) is 3.12. The van der Waals surface area contributed by atoms with Crippen molar-refractivity contribution in [3.05, 3.63) is 78.5 Å². The Morgan fingerprint density at radius 2 is 1.96 bits per heavy atom. The van der Waals surface area contributed by atoms with E-state index in [0.717, 1.165) is 16.7 Å². The first kappa shape index (κ1) is 16.3. The number of rotatable bonds is 2. The summed E-state index contributed by atoms with van der Waals surface area (Å²) in [5, 5.41) is 5.28. The first-order valence-electron chi connectivity index (χ1n) is 7.45. The zero-order valence-electron chi connectivity index (χ0n) is 13.0. The standard InChI is InChI=1S/C18H11Cl2N3OS/c1-10-3-2-4-12(7-10)16-21-18-23(22-16)17(24)15(25-18)9-11-5-6-13(19)14(20)8-11/h2-9H,1H3/b15-9+. The number of hydrogen-bond donors (Lipinski definition) is 0. The molecule has 0 aliphatic carbocycles. The monoisotopic (exact) mass is 387 g/mol. The number of nitrogens with zero attached hydrogens (tertiary/aromatic N) is 3. The lowest BCUT2D eigenvalue weighted by molar-refractivity contribution is 0.936. The van der Waals surface area contributed by atoms with E-state index in [4.69, 9.17) is 23.2 Å². The van der Waals surface area contributed by atoms with Crippen LogP contribution in [0.3, 0.4) is 0 Å². The van der Waals surface area contributed by atoms with Crippen molar-refractivity contribution in [2.45, 2.75) is 6.92 Å². The number of thiazole rings is 1. The van der Waals surface area contributed by atoms with Crippen molar-refractivity contribution in [3.63, 3.8) is 0 Å². The van der Waals surface area contributed by atoms with Gasteiger partial charge in [-0.3, -0.25) is 4.79 Å². The van der Waals surface area contributed by atoms with Gasteiger partial charge in [0.05, 0.1) is 14.6 Å². The maximum Gasteiger partial charge on any atom is 0.291 e. The van der Waals surface area contributed by atoms with Crippen molar-refractivity contribution < 1.29 is 0 Å². The number of aryl methyl sites for hydroxylation is 1. The van der Waals surface area contributed by atoms with Crippen molar-refractivity contribution in [2.24, 2.45) is 0 Å². The molecule has 25 heavy (non-hydrogen) atoms. The van der Waals surface area contributed by atoms with Crippen LogP contribution in [0.1, 0.15) is 11.1 Å². The van der Waals surface area contributed by atoms with Gasteiger partial charge in [0.2, 0.25) is 4.96 Å². The smallest absolute Gasteiger partial charge is 0.266 e. The Morgan fingerprint density at radius 3 is 2.68 bits per heavy atom. The van der Waals surface area contributed by atoms with Crippen molar-refractivity contribution in [1.29, 1.82) is 0 Å². The van der Waals surface area contributed by atoms with Crippen molar-refractivity contribution in [3.8, 4) is 11.4 Å². The van der Waals surface area contributed by atoms with E-state index < -0.39 is 0 Å². The summed E-state index contributed by atoms with van der Waals surface area (Å²) in [6.07, 6.45) is 1.76. The lowest BCUT2D eigenvalue weighted by atomic mass is 10.1. The first-order chi connectivity index (χ1) is 12.0. The molecular formula is C18H11Cl2N3OS. The van der Waals surface area contributed by atoms with E-state index in [-0.39, 0.29) is 5.56 Å². The molecule has 4 rings (SSSR count). The molecule has 0 aliphatic heterocycles. The number of fused-ring (bicyclic) bond motifs is 1. The molecule has 0 saturated carbocycles. The van der Waals surface area contributed by atoms with E-state index in [1.165, 1.54) is 15.9 Å². The first-order valence-corrected chi connectivity index (χ1v) is 9.02. The highest BCUT2D eigenvalue weighted by Gasteiger charge is 2.12. The second kappa shape index (κ2) is 6.26. The van der Waals surface area contributed by atoms with Gasteiger partial charge in [0, 0.05) is 5.56 Å². The molecule has 0 amide bonds. The summed E-state index contributed by atoms with van der Waals surface area (Å²) in [4.78, 5) is 17.6. The molecule has 0 bridgehead atoms. The molecule has 0 atom stereocenters. The molecule has 2 aromatic heterocycles. The fourth-order valence-corrected chi connectivity index (χ4v) is 3.71. The summed E-state index contributed by atoms with van der Waals surface area (Å²) in [6, 6.07) is 13.1. The zero-order chi connectivity index (χ0) is 17.6. The third kappa shape index (κ3) is 3.06. The summed E-state index contributed by atoms with van der Waals surface area (Å²) in [7, 11) is 0. The average molecular weight is 388 g/mol. The zero-order valence-corrected chi connectivity index (χ0v) is 15.4. The van der Waals surface area contributed by atoms with Gasteiger partial charge in [0.1, 0.15) is 0 Å². The van der Waals surface area contributed by atoms with Gasteiger partial charge in [0.15, 0.2) is 5.82 Å². The molecule has 7 heteroatoms. The minimum absolute atomic E-state index is 0.197. The second-order valence-corrected chi connectivity index (χ2v) is 7.41. The Bertz CT molecular complexity index is 1210. The van der Waals surface area contributed by atoms with Gasteiger partial charge in [-0.2, -0.15) is 9.50 Å². The van der Waals surface area contributed by atoms with Crippen molar-refractivity contribution in [1.82, 2.24) is 14.6 Å². The summed E-state index contributed by atoms with van der Waals surface area (Å²) in [5.74, 6) is 0.549. The van der Waals surface area contributed by atoms with Gasteiger partial charge in [-0.25, -0.2) is 0 Å². The van der Waals surface area contributed by atoms with Crippen LogP contribution in [0.2, 0.25) is 10.0 Å². The van der Waals surface area contributed by atoms with Gasteiger partial charge in [0.25, 0.3) is 5.56 Å². The highest BCUT2D eigenvalue weighted by molar-refractivity contribution is 7.15. The molecule has 2 heterocycles. The largest absolute Gasteiger partial charge is 0.291 e. The lowest BCUT2D eigenvalue weighted by Gasteiger charge is -1.96. The molecular weight excluding hydrogens is 377 g/mol. The molecule has 0 N–H and O–H groups in total. The third-order valence-corrected chi connectivity index (χ3v) is 5.40. The highest BCUT2D eigenvalue weighted by atomic mass is 35.5. The summed E-state index contributed by atoms with van der Waals surface area (Å²) in [5.41, 5.74) is 2.62. The van der Waals surface area contributed by atoms with Crippen LogP contribution in [-0.2, 0) is 0 Å². The normalized spacial score (nSPS) is 12.2. The predicted octanol–water partition coefficient (Wildman–Crippen LogP) is 3.98. The fourth-order valence-electron chi connectivity index (χ4n) is 2.49. The van der Waals surface area contributed by atoms with Gasteiger partial charge < -0.3 is 0 Å². The Morgan fingerprint density at radius 1 is 1.12 bits per heavy atom. The number of halogens is 2. The van der Waals surface area contributed by atoms with Gasteiger partial charge in [-0.15, -0.1) is 5.10 Å². The maximum atomic E-state index is 12.6. The van der Waals surface area contributed by atoms with Crippen LogP contribution in [0.15, 0.2) is 47.3 Å². The second-order valence-electron chi connectivity index (χ2n) is 5.59. The van der Waals surface area contributed by atoms with Crippen molar-refractivity contribution in [2.75, 3.05) is 0 Å². The fraction of sp³-hybridized carbons (Fsp3) is 0.0556. The number of aromatic nitrogens is 3. The lowest BCUT2D eigenvalue weighted by Crippen LogP contribution is -2.23. The van der Waals surface area contributed by atoms with E-state index in [0.29, 0.717) is 25.4 Å². The third-order valence-electron chi connectivity index (χ3n) is 3.70. The molecule has 0 saturated heterocycles. The SMILES string of the molecule is Cc1cccc(-c2nc3s/c(=C/c4ccc(Cl)c(Cl)c4)c(=O)n3n2)c1. The van der Waals surface area contributed by atoms with E-state index in [1.807, 2.05) is 37.3 Å². The molecule has 2 aromatic carbocycles. The van der Waals surface area contributed by atoms with E-state index >= 15 is 0 Å². The Kier molecular flexibility index (Phi) is 4.07. The van der Waals surface area contributed by atoms with Crippen LogP contribution < -0.4 is 10.1 Å². The Labute approximate surface area is 157 Å². The van der Waals surface area contributed by atoms with Gasteiger partial charge >= 0.3 is 0 Å². The van der Waals surface area contributed by atoms with E-state index in [9.17, 15) is 4.79 Å². The molecule has 0 unspecified atom stereocenters. The Balaban J connectivity index is 1.81. The maximum absolute atomic E-state index is 12.6. The minimum atomic E-state index is -0.197. The van der Waals surface area contributed by atoms with E-state index in [1.54, 1.807) is 18.2 Å². The minimum Gasteiger partial charge on any atom is -0.266 e. The topological polar surface area (TPSA) is 47.3 Å². The molecule has 124 valence electrons. The van der Waals surface area contributed by atoms with Gasteiger partial charge in [-0.1, -0.05) is 64.4 Å². The van der Waals surface area contributed by atoms with Crippen molar-refractivity contribution >= 4 is 45.6 Å². The summed E-state index contributed by atoms with van der Waals surface area (Å²) >= 11 is 13.2. The predicted molar refractivity (Wildman–Crippen MR) is 103 cm³/mol. The van der Waals surface area contributed by atoms with E-state index in [2.05, 4.69) is 10.1 Å². The molecule has 4 aromatic rings. The summed E-state index contributed by atoms with van der Waals surface area (Å²) < 4.78 is 1.88. The van der Waals surface area contributed by atoms with Gasteiger partial charge in [-0.05, 0) is 36.8 Å². The quantitative estimate of drug-likeness (QED) is 0.522. The van der Waals surface area contributed by atoms with Crippen LogP contribution in [0.25, 0.3) is 22.4 Å². The van der Waals surface area contributed by atoms with Crippen LogP contribution in [0, 0.1) is 6.92 Å². The summed E-state index contributed by atoms with van der Waals surface area (Å²) in [6.45, 7) is 2.01. The van der Waals surface area contributed by atoms with Crippen LogP contribution in [0.4, 0.5) is 0 Å². The molecule has 0 fully saturated rings. The van der Waals surface area contributed by atoms with Crippen LogP contribution in [0.5, 0.6) is 0 Å². The molecule has 0 spiro atoms. The van der Waals surface area contributed by atoms with Crippen LogP contribution >= 0.6 is 34.5 Å². The molecule has 0 radical (unpaired) electrons. The molecule has 0 aliphatic rings. The Hall–Kier alpha value is -2.21. The molecule has 4 nitrogen and oxygen atoms in total. The number of hydrogen-bond acceptors (Lipinski definition) is 4. The number of benzene rings is 2. The highest BCUT2D eigenvalue weighted by Crippen LogP contribution is 2.23. The van der Waals surface area contributed by atoms with Crippen LogP contribution in [-0.4, -0.2) is 14.6 Å².